The molecule has 0 spiro atoms. The van der Waals surface area contributed by atoms with Gasteiger partial charge in [0.15, 0.2) is 0 Å². The Morgan fingerprint density at radius 2 is 2.00 bits per heavy atom. The molecular weight excluding hydrogens is 176 g/mol. The minimum atomic E-state index is 0.487. The van der Waals surface area contributed by atoms with Crippen LogP contribution in [-0.2, 0) is 0 Å². The van der Waals surface area contributed by atoms with Crippen LogP contribution in [0.15, 0.2) is 23.1 Å². The smallest absolute Gasteiger partial charge is 0.0542 e. The first-order valence-electron chi connectivity index (χ1n) is 3.60. The Balaban J connectivity index is 3.17. The van der Waals surface area contributed by atoms with E-state index in [4.69, 9.17) is 11.6 Å². The summed E-state index contributed by atoms with van der Waals surface area (Å²) in [6, 6.07) is 5.87. The van der Waals surface area contributed by atoms with Crippen LogP contribution in [0.4, 0.5) is 0 Å². The largest absolute Gasteiger partial charge is 0.142 e. The van der Waals surface area contributed by atoms with Crippen molar-refractivity contribution in [3.63, 3.8) is 0 Å². The second-order valence-corrected chi connectivity index (χ2v) is 3.69. The van der Waals surface area contributed by atoms with Crippen molar-refractivity contribution in [2.24, 2.45) is 0 Å². The Morgan fingerprint density at radius 1 is 1.36 bits per heavy atom. The van der Waals surface area contributed by atoms with E-state index in [1.165, 1.54) is 5.56 Å². The fraction of sp³-hybridized carbons (Fsp3) is 0.333. The first-order chi connectivity index (χ1) is 5.13. The summed E-state index contributed by atoms with van der Waals surface area (Å²) in [6.45, 7) is 4.26. The van der Waals surface area contributed by atoms with Crippen LogP contribution in [0.25, 0.3) is 0 Å². The molecule has 11 heavy (non-hydrogen) atoms. The monoisotopic (exact) mass is 186 g/mol. The van der Waals surface area contributed by atoms with Crippen molar-refractivity contribution < 1.29 is 0 Å². The van der Waals surface area contributed by atoms with Gasteiger partial charge in [-0.2, -0.15) is 0 Å². The van der Waals surface area contributed by atoms with Gasteiger partial charge in [-0.25, -0.2) is 0 Å². The van der Waals surface area contributed by atoms with Crippen LogP contribution in [0, 0.1) is 0 Å². The van der Waals surface area contributed by atoms with E-state index in [0.29, 0.717) is 5.92 Å². The molecule has 0 radical (unpaired) electrons. The zero-order valence-electron chi connectivity index (χ0n) is 6.63. The molecule has 0 aliphatic carbocycles. The molecule has 0 aliphatic heterocycles. The molecule has 0 amide bonds. The van der Waals surface area contributed by atoms with Crippen molar-refractivity contribution in [2.45, 2.75) is 24.7 Å². The SMILES string of the molecule is CC(C)c1cccc(Cl)c1S. The lowest BCUT2D eigenvalue weighted by molar-refractivity contribution is 0.843. The normalized spacial score (nSPS) is 10.6. The van der Waals surface area contributed by atoms with Gasteiger partial charge in [0.1, 0.15) is 0 Å². The fourth-order valence-electron chi connectivity index (χ4n) is 0.998. The molecule has 60 valence electrons. The number of hydrogen-bond acceptors (Lipinski definition) is 1. The van der Waals surface area contributed by atoms with Gasteiger partial charge in [-0.15, -0.1) is 12.6 Å². The van der Waals surface area contributed by atoms with Crippen LogP contribution in [0.5, 0.6) is 0 Å². The number of benzene rings is 1. The standard InChI is InChI=1S/C9H11ClS/c1-6(2)7-4-3-5-8(10)9(7)11/h3-6,11H,1-2H3. The molecule has 1 aromatic carbocycles. The van der Waals surface area contributed by atoms with E-state index in [1.807, 2.05) is 12.1 Å². The topological polar surface area (TPSA) is 0 Å². The van der Waals surface area contributed by atoms with Crippen LogP contribution >= 0.6 is 24.2 Å². The minimum absolute atomic E-state index is 0.487. The Labute approximate surface area is 78.0 Å². The lowest BCUT2D eigenvalue weighted by atomic mass is 10.0. The summed E-state index contributed by atoms with van der Waals surface area (Å²) in [5.74, 6) is 0.487. The van der Waals surface area contributed by atoms with E-state index >= 15 is 0 Å². The number of thiol groups is 1. The summed E-state index contributed by atoms with van der Waals surface area (Å²) in [6.07, 6.45) is 0. The Bertz CT molecular complexity index is 256. The molecular formula is C9H11ClS. The Hall–Kier alpha value is -0.140. The molecule has 1 rings (SSSR count). The predicted molar refractivity (Wildman–Crippen MR) is 52.8 cm³/mol. The maximum absolute atomic E-state index is 5.88. The molecule has 1 aromatic rings. The number of hydrogen-bond donors (Lipinski definition) is 1. The van der Waals surface area contributed by atoms with E-state index in [1.54, 1.807) is 0 Å². The highest BCUT2D eigenvalue weighted by molar-refractivity contribution is 7.80. The minimum Gasteiger partial charge on any atom is -0.142 e. The zero-order chi connectivity index (χ0) is 8.43. The number of rotatable bonds is 1. The van der Waals surface area contributed by atoms with Gasteiger partial charge in [-0.1, -0.05) is 37.6 Å². The van der Waals surface area contributed by atoms with Gasteiger partial charge in [0.2, 0.25) is 0 Å². The summed E-state index contributed by atoms with van der Waals surface area (Å²) in [5.41, 5.74) is 1.21. The predicted octanol–water partition coefficient (Wildman–Crippen LogP) is 3.75. The van der Waals surface area contributed by atoms with E-state index < -0.39 is 0 Å². The third kappa shape index (κ3) is 1.91. The summed E-state index contributed by atoms with van der Waals surface area (Å²) in [7, 11) is 0. The summed E-state index contributed by atoms with van der Waals surface area (Å²) in [5, 5.41) is 0.736. The molecule has 2 heteroatoms. The van der Waals surface area contributed by atoms with Crippen molar-refractivity contribution in [1.29, 1.82) is 0 Å². The molecule has 0 unspecified atom stereocenters. The van der Waals surface area contributed by atoms with Crippen molar-refractivity contribution >= 4 is 24.2 Å². The Morgan fingerprint density at radius 3 is 2.45 bits per heavy atom. The quantitative estimate of drug-likeness (QED) is 0.635. The molecule has 0 nitrogen and oxygen atoms in total. The van der Waals surface area contributed by atoms with Gasteiger partial charge in [0, 0.05) is 4.90 Å². The maximum Gasteiger partial charge on any atom is 0.0542 e. The van der Waals surface area contributed by atoms with Gasteiger partial charge in [0.25, 0.3) is 0 Å². The molecule has 0 atom stereocenters. The molecule has 0 saturated heterocycles. The van der Waals surface area contributed by atoms with Gasteiger partial charge in [-0.3, -0.25) is 0 Å². The average molecular weight is 187 g/mol. The summed E-state index contributed by atoms with van der Waals surface area (Å²) < 4.78 is 0. The van der Waals surface area contributed by atoms with Crippen molar-refractivity contribution in [1.82, 2.24) is 0 Å². The number of halogens is 1. The maximum atomic E-state index is 5.88. The van der Waals surface area contributed by atoms with Gasteiger partial charge in [-0.05, 0) is 17.5 Å². The van der Waals surface area contributed by atoms with Gasteiger partial charge < -0.3 is 0 Å². The molecule has 0 heterocycles. The molecule has 0 bridgehead atoms. The Kier molecular flexibility index (Phi) is 2.85. The van der Waals surface area contributed by atoms with Gasteiger partial charge in [0.05, 0.1) is 5.02 Å². The lowest BCUT2D eigenvalue weighted by Gasteiger charge is -2.08. The summed E-state index contributed by atoms with van der Waals surface area (Å²) in [4.78, 5) is 0.907. The molecule has 0 N–H and O–H groups in total. The second-order valence-electron chi connectivity index (χ2n) is 2.83. The first-order valence-corrected chi connectivity index (χ1v) is 4.43. The van der Waals surface area contributed by atoms with Crippen LogP contribution in [-0.4, -0.2) is 0 Å². The third-order valence-electron chi connectivity index (χ3n) is 1.64. The van der Waals surface area contributed by atoms with Gasteiger partial charge >= 0.3 is 0 Å². The highest BCUT2D eigenvalue weighted by atomic mass is 35.5. The second kappa shape index (κ2) is 3.51. The van der Waals surface area contributed by atoms with E-state index in [-0.39, 0.29) is 0 Å². The third-order valence-corrected chi connectivity index (χ3v) is 2.59. The van der Waals surface area contributed by atoms with E-state index in [9.17, 15) is 0 Å². The summed E-state index contributed by atoms with van der Waals surface area (Å²) >= 11 is 10.2. The van der Waals surface area contributed by atoms with Crippen LogP contribution in [0.2, 0.25) is 5.02 Å². The first kappa shape index (κ1) is 8.95. The van der Waals surface area contributed by atoms with Crippen molar-refractivity contribution in [3.8, 4) is 0 Å². The molecule has 0 fully saturated rings. The van der Waals surface area contributed by atoms with Crippen LogP contribution in [0.1, 0.15) is 25.3 Å². The zero-order valence-corrected chi connectivity index (χ0v) is 8.28. The van der Waals surface area contributed by atoms with Crippen LogP contribution in [0.3, 0.4) is 0 Å². The highest BCUT2D eigenvalue weighted by Crippen LogP contribution is 2.28. The van der Waals surface area contributed by atoms with E-state index in [0.717, 1.165) is 9.92 Å². The van der Waals surface area contributed by atoms with Crippen molar-refractivity contribution in [3.05, 3.63) is 28.8 Å². The highest BCUT2D eigenvalue weighted by Gasteiger charge is 2.05. The fourth-order valence-corrected chi connectivity index (χ4v) is 1.59. The van der Waals surface area contributed by atoms with Crippen molar-refractivity contribution in [2.75, 3.05) is 0 Å². The average Bonchev–Trinajstić information content (AvgIpc) is 1.94. The lowest BCUT2D eigenvalue weighted by Crippen LogP contribution is -1.88. The molecule has 0 saturated carbocycles. The van der Waals surface area contributed by atoms with Crippen LogP contribution < -0.4 is 0 Å². The van der Waals surface area contributed by atoms with E-state index in [2.05, 4.69) is 32.5 Å². The molecule has 0 aliphatic rings. The molecule has 0 aromatic heterocycles.